The maximum atomic E-state index is 12.5. The third kappa shape index (κ3) is 2.99. The molecule has 3 aliphatic heterocycles. The standard InChI is InChI=1S/C19H27N5O/c1-22(2)18-20-17(25)19(21-18)9-12-23(13-10-19)16-8-11-24(14-16)15-6-4-3-5-7-15/h3-7,16H,8-14H2,1-2H3,(H,20,21,25). The summed E-state index contributed by atoms with van der Waals surface area (Å²) >= 11 is 0. The highest BCUT2D eigenvalue weighted by Crippen LogP contribution is 2.33. The first-order chi connectivity index (χ1) is 12.1. The van der Waals surface area contributed by atoms with E-state index in [4.69, 9.17) is 4.99 Å². The molecule has 1 N–H and O–H groups in total. The number of aliphatic imine (C=N–C) groups is 1. The summed E-state index contributed by atoms with van der Waals surface area (Å²) < 4.78 is 0. The molecule has 6 nitrogen and oxygen atoms in total. The fourth-order valence-electron chi connectivity index (χ4n) is 4.22. The highest BCUT2D eigenvalue weighted by molar-refractivity contribution is 6.07. The zero-order valence-electron chi connectivity index (χ0n) is 15.1. The highest BCUT2D eigenvalue weighted by atomic mass is 16.2. The Kier molecular flexibility index (Phi) is 4.15. The summed E-state index contributed by atoms with van der Waals surface area (Å²) in [6, 6.07) is 11.2. The van der Waals surface area contributed by atoms with Gasteiger partial charge >= 0.3 is 0 Å². The Hall–Kier alpha value is -2.08. The molecule has 0 aliphatic carbocycles. The van der Waals surface area contributed by atoms with Crippen molar-refractivity contribution in [1.82, 2.24) is 15.1 Å². The van der Waals surface area contributed by atoms with Gasteiger partial charge in [0.05, 0.1) is 0 Å². The van der Waals surface area contributed by atoms with E-state index in [0.717, 1.165) is 39.0 Å². The molecule has 1 aromatic carbocycles. The van der Waals surface area contributed by atoms with E-state index in [0.29, 0.717) is 12.0 Å². The number of para-hydroxylation sites is 1. The van der Waals surface area contributed by atoms with Crippen molar-refractivity contribution in [2.24, 2.45) is 4.99 Å². The van der Waals surface area contributed by atoms with Crippen LogP contribution in [0.2, 0.25) is 0 Å². The van der Waals surface area contributed by atoms with Crippen molar-refractivity contribution >= 4 is 17.6 Å². The van der Waals surface area contributed by atoms with E-state index in [2.05, 4.69) is 45.4 Å². The van der Waals surface area contributed by atoms with Crippen molar-refractivity contribution in [1.29, 1.82) is 0 Å². The van der Waals surface area contributed by atoms with Crippen LogP contribution in [0.1, 0.15) is 19.3 Å². The van der Waals surface area contributed by atoms with Gasteiger partial charge in [-0.1, -0.05) is 18.2 Å². The molecule has 2 fully saturated rings. The normalized spacial score (nSPS) is 26.0. The lowest BCUT2D eigenvalue weighted by molar-refractivity contribution is -0.125. The number of carbonyl (C=O) groups is 1. The number of likely N-dealkylation sites (tertiary alicyclic amines) is 1. The van der Waals surface area contributed by atoms with Gasteiger partial charge in [-0.05, 0) is 31.4 Å². The quantitative estimate of drug-likeness (QED) is 0.877. The number of carbonyl (C=O) groups excluding carboxylic acids is 1. The number of benzene rings is 1. The Balaban J connectivity index is 1.38. The van der Waals surface area contributed by atoms with Crippen molar-refractivity contribution in [3.63, 3.8) is 0 Å². The molecular weight excluding hydrogens is 314 g/mol. The van der Waals surface area contributed by atoms with Gasteiger partial charge in [0.2, 0.25) is 5.96 Å². The number of guanidine groups is 1. The smallest absolute Gasteiger partial charge is 0.254 e. The van der Waals surface area contributed by atoms with Crippen LogP contribution in [-0.4, -0.2) is 73.5 Å². The minimum absolute atomic E-state index is 0.0770. The SMILES string of the molecule is CN(C)C1=NC2(CCN(C3CCN(c4ccccc4)C3)CC2)C(=O)N1. The van der Waals surface area contributed by atoms with E-state index in [1.54, 1.807) is 0 Å². The van der Waals surface area contributed by atoms with Gasteiger partial charge < -0.3 is 9.80 Å². The van der Waals surface area contributed by atoms with Crippen molar-refractivity contribution in [3.05, 3.63) is 30.3 Å². The zero-order chi connectivity index (χ0) is 17.4. The molecule has 1 spiro atoms. The van der Waals surface area contributed by atoms with Crippen LogP contribution in [0, 0.1) is 0 Å². The van der Waals surface area contributed by atoms with E-state index >= 15 is 0 Å². The van der Waals surface area contributed by atoms with Crippen LogP contribution in [0.4, 0.5) is 5.69 Å². The van der Waals surface area contributed by atoms with Gasteiger partial charge in [0, 0.05) is 52.0 Å². The van der Waals surface area contributed by atoms with Gasteiger partial charge in [-0.3, -0.25) is 15.0 Å². The summed E-state index contributed by atoms with van der Waals surface area (Å²) in [6.45, 7) is 4.09. The van der Waals surface area contributed by atoms with E-state index in [1.165, 1.54) is 12.1 Å². The molecule has 6 heteroatoms. The molecule has 0 aromatic heterocycles. The molecule has 1 atom stereocenters. The van der Waals surface area contributed by atoms with Crippen LogP contribution in [0.15, 0.2) is 35.3 Å². The van der Waals surface area contributed by atoms with Crippen molar-refractivity contribution in [2.75, 3.05) is 45.2 Å². The fourth-order valence-corrected chi connectivity index (χ4v) is 4.22. The summed E-state index contributed by atoms with van der Waals surface area (Å²) in [5, 5.41) is 2.94. The number of amides is 1. The third-order valence-corrected chi connectivity index (χ3v) is 5.82. The Bertz CT molecular complexity index is 664. The maximum Gasteiger partial charge on any atom is 0.254 e. The molecule has 0 saturated carbocycles. The number of hydrogen-bond acceptors (Lipinski definition) is 5. The Labute approximate surface area is 149 Å². The lowest BCUT2D eigenvalue weighted by atomic mass is 9.87. The molecule has 1 amide bonds. The Morgan fingerprint density at radius 3 is 2.52 bits per heavy atom. The predicted molar refractivity (Wildman–Crippen MR) is 99.9 cm³/mol. The molecule has 3 aliphatic rings. The molecule has 0 bridgehead atoms. The summed E-state index contributed by atoms with van der Waals surface area (Å²) in [5.74, 6) is 0.780. The van der Waals surface area contributed by atoms with Gasteiger partial charge in [0.25, 0.3) is 5.91 Å². The Morgan fingerprint density at radius 1 is 1.16 bits per heavy atom. The number of nitrogens with one attached hydrogen (secondary N) is 1. The van der Waals surface area contributed by atoms with Crippen LogP contribution in [0.3, 0.4) is 0 Å². The fraction of sp³-hybridized carbons (Fsp3) is 0.579. The third-order valence-electron chi connectivity index (χ3n) is 5.82. The monoisotopic (exact) mass is 341 g/mol. The van der Waals surface area contributed by atoms with Gasteiger partial charge in [0.15, 0.2) is 0 Å². The number of piperidine rings is 1. The molecular formula is C19H27N5O. The molecule has 1 aromatic rings. The largest absolute Gasteiger partial charge is 0.370 e. The lowest BCUT2D eigenvalue weighted by Gasteiger charge is -2.38. The zero-order valence-corrected chi connectivity index (χ0v) is 15.1. The predicted octanol–water partition coefficient (Wildman–Crippen LogP) is 1.15. The first kappa shape index (κ1) is 16.4. The number of anilines is 1. The average Bonchev–Trinajstić information content (AvgIpc) is 3.23. The first-order valence-corrected chi connectivity index (χ1v) is 9.20. The minimum atomic E-state index is -0.534. The summed E-state index contributed by atoms with van der Waals surface area (Å²) in [6.07, 6.45) is 2.83. The van der Waals surface area contributed by atoms with Gasteiger partial charge in [-0.25, -0.2) is 4.99 Å². The molecule has 3 heterocycles. The molecule has 25 heavy (non-hydrogen) atoms. The molecule has 0 radical (unpaired) electrons. The number of nitrogens with zero attached hydrogens (tertiary/aromatic N) is 4. The topological polar surface area (TPSA) is 51.2 Å². The van der Waals surface area contributed by atoms with Crippen molar-refractivity contribution in [3.8, 4) is 0 Å². The summed E-state index contributed by atoms with van der Waals surface area (Å²) in [5.41, 5.74) is 0.780. The van der Waals surface area contributed by atoms with Crippen molar-refractivity contribution < 1.29 is 4.79 Å². The van der Waals surface area contributed by atoms with Gasteiger partial charge in [-0.2, -0.15) is 0 Å². The van der Waals surface area contributed by atoms with Gasteiger partial charge in [-0.15, -0.1) is 0 Å². The Morgan fingerprint density at radius 2 is 1.88 bits per heavy atom. The van der Waals surface area contributed by atoms with Crippen LogP contribution in [-0.2, 0) is 4.79 Å². The summed E-state index contributed by atoms with van der Waals surface area (Å²) in [4.78, 5) is 24.1. The second-order valence-corrected chi connectivity index (χ2v) is 7.58. The number of hydrogen-bond donors (Lipinski definition) is 1. The maximum absolute atomic E-state index is 12.5. The van der Waals surface area contributed by atoms with E-state index in [9.17, 15) is 4.79 Å². The lowest BCUT2D eigenvalue weighted by Crippen LogP contribution is -2.52. The summed E-state index contributed by atoms with van der Waals surface area (Å²) in [7, 11) is 3.84. The minimum Gasteiger partial charge on any atom is -0.370 e. The van der Waals surface area contributed by atoms with E-state index in [1.807, 2.05) is 19.0 Å². The van der Waals surface area contributed by atoms with Crippen LogP contribution in [0.25, 0.3) is 0 Å². The van der Waals surface area contributed by atoms with Crippen LogP contribution >= 0.6 is 0 Å². The first-order valence-electron chi connectivity index (χ1n) is 9.20. The second-order valence-electron chi connectivity index (χ2n) is 7.58. The highest BCUT2D eigenvalue weighted by Gasteiger charge is 2.47. The molecule has 4 rings (SSSR count). The molecule has 1 unspecified atom stereocenters. The second kappa shape index (κ2) is 6.33. The van der Waals surface area contributed by atoms with Crippen LogP contribution in [0.5, 0.6) is 0 Å². The molecule has 2 saturated heterocycles. The van der Waals surface area contributed by atoms with Crippen LogP contribution < -0.4 is 10.2 Å². The molecule has 134 valence electrons. The average molecular weight is 341 g/mol. The number of rotatable bonds is 2. The van der Waals surface area contributed by atoms with Crippen molar-refractivity contribution in [2.45, 2.75) is 30.8 Å². The van der Waals surface area contributed by atoms with E-state index in [-0.39, 0.29) is 5.91 Å². The van der Waals surface area contributed by atoms with Gasteiger partial charge in [0.1, 0.15) is 5.54 Å². The van der Waals surface area contributed by atoms with E-state index < -0.39 is 5.54 Å².